The van der Waals surface area contributed by atoms with Gasteiger partial charge in [0, 0.05) is 5.69 Å². The van der Waals surface area contributed by atoms with Crippen LogP contribution in [0.5, 0.6) is 5.75 Å². The number of carbonyl (C=O) groups excluding carboxylic acids is 1. The summed E-state index contributed by atoms with van der Waals surface area (Å²) in [6.07, 6.45) is 1.27. The van der Waals surface area contributed by atoms with Crippen LogP contribution in [0.1, 0.15) is 12.5 Å². The molecule has 0 saturated heterocycles. The van der Waals surface area contributed by atoms with Crippen molar-refractivity contribution in [3.8, 4) is 11.4 Å². The number of carbonyl (C=O) groups is 1. The van der Waals surface area contributed by atoms with Crippen LogP contribution in [0, 0.1) is 6.92 Å². The smallest absolute Gasteiger partial charge is 0.265 e. The van der Waals surface area contributed by atoms with Gasteiger partial charge in [-0.15, -0.1) is 5.10 Å². The molecule has 134 valence electrons. The minimum absolute atomic E-state index is 0.231. The number of nitrogens with zero attached hydrogens (tertiary/aromatic N) is 4. The first-order chi connectivity index (χ1) is 12.6. The number of rotatable bonds is 6. The van der Waals surface area contributed by atoms with Gasteiger partial charge < -0.3 is 10.1 Å². The van der Waals surface area contributed by atoms with Gasteiger partial charge in [-0.05, 0) is 66.4 Å². The first-order valence-corrected chi connectivity index (χ1v) is 9.26. The lowest BCUT2D eigenvalue weighted by molar-refractivity contribution is -0.122. The number of hydrogen-bond donors (Lipinski definition) is 1. The Labute approximate surface area is 155 Å². The van der Waals surface area contributed by atoms with Gasteiger partial charge in [-0.3, -0.25) is 4.79 Å². The minimum atomic E-state index is -0.629. The van der Waals surface area contributed by atoms with Crippen molar-refractivity contribution in [2.75, 3.05) is 11.6 Å². The molecule has 0 aliphatic rings. The maximum absolute atomic E-state index is 12.4. The third kappa shape index (κ3) is 4.20. The number of ether oxygens (including phenoxy) is 1. The molecular weight excluding hydrogens is 350 g/mol. The summed E-state index contributed by atoms with van der Waals surface area (Å²) in [4.78, 5) is 12.4. The van der Waals surface area contributed by atoms with E-state index in [1.54, 1.807) is 11.6 Å². The molecule has 1 unspecified atom stereocenters. The molecule has 0 saturated carbocycles. The Kier molecular flexibility index (Phi) is 5.52. The molecule has 8 heteroatoms. The molecule has 2 aromatic carbocycles. The van der Waals surface area contributed by atoms with Gasteiger partial charge in [-0.1, -0.05) is 30.0 Å². The zero-order valence-electron chi connectivity index (χ0n) is 14.7. The highest BCUT2D eigenvalue weighted by Gasteiger charge is 2.16. The Hall–Kier alpha value is -2.87. The second kappa shape index (κ2) is 8.01. The molecule has 0 aliphatic heterocycles. The van der Waals surface area contributed by atoms with Crippen molar-refractivity contribution in [3.05, 3.63) is 54.1 Å². The van der Waals surface area contributed by atoms with E-state index in [-0.39, 0.29) is 5.91 Å². The third-order valence-electron chi connectivity index (χ3n) is 3.65. The Morgan fingerprint density at radius 3 is 2.81 bits per heavy atom. The number of amides is 1. The molecule has 1 aromatic heterocycles. The standard InChI is InChI=1S/C18H19N5O2S/c1-12-6-4-9-16(10-12)25-13(2)17(24)19-14-7-5-8-15(11-14)23-18(26-3)20-21-22-23/h4-11,13H,1-3H3,(H,19,24). The molecular formula is C18H19N5O2S. The van der Waals surface area contributed by atoms with Gasteiger partial charge in [0.25, 0.3) is 5.91 Å². The van der Waals surface area contributed by atoms with Crippen molar-refractivity contribution in [1.82, 2.24) is 20.2 Å². The van der Waals surface area contributed by atoms with Crippen molar-refractivity contribution in [3.63, 3.8) is 0 Å². The fourth-order valence-electron chi connectivity index (χ4n) is 2.37. The predicted molar refractivity (Wildman–Crippen MR) is 101 cm³/mol. The van der Waals surface area contributed by atoms with Gasteiger partial charge in [-0.25, -0.2) is 0 Å². The monoisotopic (exact) mass is 369 g/mol. The number of tetrazole rings is 1. The predicted octanol–water partition coefficient (Wildman–Crippen LogP) is 3.10. The van der Waals surface area contributed by atoms with Gasteiger partial charge in [-0.2, -0.15) is 4.68 Å². The van der Waals surface area contributed by atoms with E-state index >= 15 is 0 Å². The van der Waals surface area contributed by atoms with E-state index in [1.807, 2.05) is 61.7 Å². The topological polar surface area (TPSA) is 81.9 Å². The van der Waals surface area contributed by atoms with Crippen molar-refractivity contribution < 1.29 is 9.53 Å². The summed E-state index contributed by atoms with van der Waals surface area (Å²) in [5.41, 5.74) is 2.49. The summed E-state index contributed by atoms with van der Waals surface area (Å²) >= 11 is 1.44. The number of benzene rings is 2. The molecule has 0 aliphatic carbocycles. The van der Waals surface area contributed by atoms with Crippen LogP contribution in [0.25, 0.3) is 5.69 Å². The highest BCUT2D eigenvalue weighted by atomic mass is 32.2. The first kappa shape index (κ1) is 17.9. The van der Waals surface area contributed by atoms with Gasteiger partial charge in [0.2, 0.25) is 5.16 Å². The van der Waals surface area contributed by atoms with E-state index in [0.29, 0.717) is 16.6 Å². The number of aromatic nitrogens is 4. The third-order valence-corrected chi connectivity index (χ3v) is 4.27. The minimum Gasteiger partial charge on any atom is -0.481 e. The number of nitrogens with one attached hydrogen (secondary N) is 1. The van der Waals surface area contributed by atoms with Gasteiger partial charge in [0.05, 0.1) is 5.69 Å². The average Bonchev–Trinajstić information content (AvgIpc) is 3.10. The lowest BCUT2D eigenvalue weighted by Crippen LogP contribution is -2.30. The number of thioether (sulfide) groups is 1. The molecule has 26 heavy (non-hydrogen) atoms. The highest BCUT2D eigenvalue weighted by molar-refractivity contribution is 7.98. The number of anilines is 1. The Morgan fingerprint density at radius 2 is 2.04 bits per heavy atom. The van der Waals surface area contributed by atoms with Crippen LogP contribution in [0.4, 0.5) is 5.69 Å². The van der Waals surface area contributed by atoms with E-state index in [2.05, 4.69) is 20.8 Å². The second-order valence-electron chi connectivity index (χ2n) is 5.69. The van der Waals surface area contributed by atoms with E-state index in [0.717, 1.165) is 11.3 Å². The average molecular weight is 369 g/mol. The maximum Gasteiger partial charge on any atom is 0.265 e. The van der Waals surface area contributed by atoms with Crippen LogP contribution < -0.4 is 10.1 Å². The Balaban J connectivity index is 1.70. The summed E-state index contributed by atoms with van der Waals surface area (Å²) in [6.45, 7) is 3.69. The molecule has 1 N–H and O–H groups in total. The van der Waals surface area contributed by atoms with E-state index < -0.39 is 6.10 Å². The molecule has 0 radical (unpaired) electrons. The largest absolute Gasteiger partial charge is 0.481 e. The summed E-state index contributed by atoms with van der Waals surface area (Å²) < 4.78 is 7.33. The number of hydrogen-bond acceptors (Lipinski definition) is 6. The molecule has 3 rings (SSSR count). The van der Waals surface area contributed by atoms with Crippen LogP contribution in [-0.2, 0) is 4.79 Å². The van der Waals surface area contributed by atoms with Gasteiger partial charge in [0.1, 0.15) is 5.75 Å². The zero-order chi connectivity index (χ0) is 18.5. The van der Waals surface area contributed by atoms with Crippen LogP contribution in [0.3, 0.4) is 0 Å². The van der Waals surface area contributed by atoms with Crippen LogP contribution in [0.2, 0.25) is 0 Å². The summed E-state index contributed by atoms with van der Waals surface area (Å²) in [5.74, 6) is 0.435. The van der Waals surface area contributed by atoms with Crippen molar-refractivity contribution in [2.45, 2.75) is 25.1 Å². The zero-order valence-corrected chi connectivity index (χ0v) is 15.5. The number of aryl methyl sites for hydroxylation is 1. The fourth-order valence-corrected chi connectivity index (χ4v) is 2.81. The van der Waals surface area contributed by atoms with Crippen molar-refractivity contribution >= 4 is 23.4 Å². The molecule has 1 amide bonds. The highest BCUT2D eigenvalue weighted by Crippen LogP contribution is 2.19. The van der Waals surface area contributed by atoms with Gasteiger partial charge >= 0.3 is 0 Å². The molecule has 3 aromatic rings. The molecule has 0 bridgehead atoms. The van der Waals surface area contributed by atoms with Crippen LogP contribution in [0.15, 0.2) is 53.7 Å². The lowest BCUT2D eigenvalue weighted by Gasteiger charge is -2.15. The molecule has 1 atom stereocenters. The molecule has 0 spiro atoms. The summed E-state index contributed by atoms with van der Waals surface area (Å²) in [6, 6.07) is 14.9. The summed E-state index contributed by atoms with van der Waals surface area (Å²) in [5, 5.41) is 15.1. The SMILES string of the molecule is CSc1nnnn1-c1cccc(NC(=O)C(C)Oc2cccc(C)c2)c1. The fraction of sp³-hybridized carbons (Fsp3) is 0.222. The second-order valence-corrected chi connectivity index (χ2v) is 6.47. The molecule has 0 fully saturated rings. The van der Waals surface area contributed by atoms with Crippen molar-refractivity contribution in [2.24, 2.45) is 0 Å². The van der Waals surface area contributed by atoms with E-state index in [9.17, 15) is 4.79 Å². The first-order valence-electron chi connectivity index (χ1n) is 8.04. The van der Waals surface area contributed by atoms with E-state index in [4.69, 9.17) is 4.74 Å². The Bertz CT molecular complexity index is 912. The Morgan fingerprint density at radius 1 is 1.23 bits per heavy atom. The van der Waals surface area contributed by atoms with Crippen molar-refractivity contribution in [1.29, 1.82) is 0 Å². The van der Waals surface area contributed by atoms with Crippen LogP contribution in [-0.4, -0.2) is 38.5 Å². The quantitative estimate of drug-likeness (QED) is 0.673. The lowest BCUT2D eigenvalue weighted by atomic mass is 10.2. The normalized spacial score (nSPS) is 11.8. The molecule has 1 heterocycles. The van der Waals surface area contributed by atoms with E-state index in [1.165, 1.54) is 11.8 Å². The molecule has 7 nitrogen and oxygen atoms in total. The maximum atomic E-state index is 12.4. The van der Waals surface area contributed by atoms with Crippen LogP contribution >= 0.6 is 11.8 Å². The summed E-state index contributed by atoms with van der Waals surface area (Å²) in [7, 11) is 0. The van der Waals surface area contributed by atoms with Gasteiger partial charge in [0.15, 0.2) is 6.10 Å².